The Kier molecular flexibility index (Phi) is 3.85. The fourth-order valence-corrected chi connectivity index (χ4v) is 2.29. The first kappa shape index (κ1) is 13.5. The molecule has 0 spiro atoms. The van der Waals surface area contributed by atoms with Crippen molar-refractivity contribution in [3.8, 4) is 0 Å². The van der Waals surface area contributed by atoms with Gasteiger partial charge in [-0.2, -0.15) is 0 Å². The maximum atomic E-state index is 12.1. The first-order valence-corrected chi connectivity index (χ1v) is 6.18. The van der Waals surface area contributed by atoms with E-state index in [1.165, 1.54) is 0 Å². The van der Waals surface area contributed by atoms with Crippen LogP contribution in [0.1, 0.15) is 17.5 Å². The summed E-state index contributed by atoms with van der Waals surface area (Å²) >= 11 is 0. The van der Waals surface area contributed by atoms with Gasteiger partial charge in [0.05, 0.1) is 19.1 Å². The quantitative estimate of drug-likeness (QED) is 0.897. The predicted octanol–water partition coefficient (Wildman–Crippen LogP) is 1.51. The van der Waals surface area contributed by atoms with E-state index in [1.807, 2.05) is 32.0 Å². The number of carboxylic acid groups (broad SMARTS) is 1. The number of hydrogen-bond acceptors (Lipinski definition) is 3. The Balaban J connectivity index is 2.38. The van der Waals surface area contributed by atoms with Crippen LogP contribution in [0.3, 0.4) is 0 Å². The van der Waals surface area contributed by atoms with Crippen LogP contribution in [-0.4, -0.2) is 36.2 Å². The van der Waals surface area contributed by atoms with E-state index in [1.54, 1.807) is 4.90 Å². The number of anilines is 1. The minimum atomic E-state index is -0.932. The van der Waals surface area contributed by atoms with Gasteiger partial charge in [-0.25, -0.2) is 0 Å². The third-order valence-corrected chi connectivity index (χ3v) is 3.20. The topological polar surface area (TPSA) is 66.8 Å². The van der Waals surface area contributed by atoms with Gasteiger partial charge in [0.2, 0.25) is 0 Å². The normalized spacial score (nSPS) is 19.6. The molecular formula is C14H17NO4. The molecule has 0 saturated carbocycles. The van der Waals surface area contributed by atoms with E-state index in [9.17, 15) is 9.59 Å². The van der Waals surface area contributed by atoms with Crippen molar-refractivity contribution in [2.24, 2.45) is 0 Å². The zero-order valence-electron chi connectivity index (χ0n) is 11.0. The molecule has 1 amide bonds. The second kappa shape index (κ2) is 5.40. The van der Waals surface area contributed by atoms with Crippen LogP contribution in [0.4, 0.5) is 5.69 Å². The van der Waals surface area contributed by atoms with E-state index >= 15 is 0 Å². The van der Waals surface area contributed by atoms with Gasteiger partial charge in [-0.15, -0.1) is 0 Å². The molecule has 1 N–H and O–H groups in total. The van der Waals surface area contributed by atoms with Gasteiger partial charge in [0.25, 0.3) is 5.91 Å². The number of aryl methyl sites for hydroxylation is 2. The molecule has 1 saturated heterocycles. The summed E-state index contributed by atoms with van der Waals surface area (Å²) in [6.07, 6.45) is -0.112. The van der Waals surface area contributed by atoms with Gasteiger partial charge in [0.1, 0.15) is 6.61 Å². The molecule has 1 heterocycles. The third kappa shape index (κ3) is 2.93. The molecule has 19 heavy (non-hydrogen) atoms. The summed E-state index contributed by atoms with van der Waals surface area (Å²) < 4.78 is 5.16. The fraction of sp³-hybridized carbons (Fsp3) is 0.429. The minimum Gasteiger partial charge on any atom is -0.481 e. The SMILES string of the molecule is Cc1ccc(C)c(N2C(=O)COCC2CC(=O)O)c1. The van der Waals surface area contributed by atoms with Crippen molar-refractivity contribution in [2.75, 3.05) is 18.1 Å². The zero-order valence-corrected chi connectivity index (χ0v) is 11.0. The third-order valence-electron chi connectivity index (χ3n) is 3.20. The molecule has 1 aromatic rings. The first-order valence-electron chi connectivity index (χ1n) is 6.18. The highest BCUT2D eigenvalue weighted by Crippen LogP contribution is 2.27. The maximum absolute atomic E-state index is 12.1. The molecule has 1 aromatic carbocycles. The molecule has 5 heteroatoms. The Hall–Kier alpha value is -1.88. The molecule has 1 atom stereocenters. The maximum Gasteiger partial charge on any atom is 0.305 e. The molecule has 0 aliphatic carbocycles. The second-order valence-electron chi connectivity index (χ2n) is 4.82. The van der Waals surface area contributed by atoms with E-state index in [2.05, 4.69) is 0 Å². The lowest BCUT2D eigenvalue weighted by atomic mass is 10.1. The number of amides is 1. The summed E-state index contributed by atoms with van der Waals surface area (Å²) in [6.45, 7) is 4.12. The lowest BCUT2D eigenvalue weighted by molar-refractivity contribution is -0.138. The molecular weight excluding hydrogens is 246 g/mol. The zero-order chi connectivity index (χ0) is 14.0. The van der Waals surface area contributed by atoms with E-state index in [-0.39, 0.29) is 25.5 Å². The fourth-order valence-electron chi connectivity index (χ4n) is 2.29. The molecule has 2 rings (SSSR count). The highest BCUT2D eigenvalue weighted by Gasteiger charge is 2.32. The molecule has 1 aliphatic heterocycles. The van der Waals surface area contributed by atoms with Crippen molar-refractivity contribution in [1.29, 1.82) is 0 Å². The number of carboxylic acids is 1. The lowest BCUT2D eigenvalue weighted by Gasteiger charge is -2.35. The second-order valence-corrected chi connectivity index (χ2v) is 4.82. The summed E-state index contributed by atoms with van der Waals surface area (Å²) in [4.78, 5) is 24.5. The smallest absolute Gasteiger partial charge is 0.305 e. The standard InChI is InChI=1S/C14H17NO4/c1-9-3-4-10(2)12(5-9)15-11(6-14(17)18)7-19-8-13(15)16/h3-5,11H,6-8H2,1-2H3,(H,17,18). The number of rotatable bonds is 3. The molecule has 1 aliphatic rings. The summed E-state index contributed by atoms with van der Waals surface area (Å²) in [6, 6.07) is 5.37. The molecule has 5 nitrogen and oxygen atoms in total. The molecule has 1 unspecified atom stereocenters. The van der Waals surface area contributed by atoms with Crippen LogP contribution in [-0.2, 0) is 14.3 Å². The summed E-state index contributed by atoms with van der Waals surface area (Å²) in [5.41, 5.74) is 2.77. The number of aliphatic carboxylic acids is 1. The summed E-state index contributed by atoms with van der Waals surface area (Å²) in [7, 11) is 0. The largest absolute Gasteiger partial charge is 0.481 e. The number of carbonyl (C=O) groups excluding carboxylic acids is 1. The van der Waals surface area contributed by atoms with Gasteiger partial charge < -0.3 is 14.7 Å². The van der Waals surface area contributed by atoms with Gasteiger partial charge in [-0.05, 0) is 31.0 Å². The van der Waals surface area contributed by atoms with Crippen molar-refractivity contribution in [2.45, 2.75) is 26.3 Å². The van der Waals surface area contributed by atoms with Gasteiger partial charge >= 0.3 is 5.97 Å². The number of hydrogen-bond donors (Lipinski definition) is 1. The summed E-state index contributed by atoms with van der Waals surface area (Å²) in [5.74, 6) is -1.12. The highest BCUT2D eigenvalue weighted by molar-refractivity contribution is 5.97. The first-order chi connectivity index (χ1) is 8.99. The van der Waals surface area contributed by atoms with Crippen LogP contribution < -0.4 is 4.90 Å². The van der Waals surface area contributed by atoms with Crippen molar-refractivity contribution < 1.29 is 19.4 Å². The number of ether oxygens (including phenoxy) is 1. The number of nitrogens with zero attached hydrogens (tertiary/aromatic N) is 1. The average Bonchev–Trinajstić information content (AvgIpc) is 2.32. The monoisotopic (exact) mass is 263 g/mol. The van der Waals surface area contributed by atoms with Crippen LogP contribution in [0.15, 0.2) is 18.2 Å². The van der Waals surface area contributed by atoms with Crippen LogP contribution in [0, 0.1) is 13.8 Å². The van der Waals surface area contributed by atoms with Crippen LogP contribution in [0.25, 0.3) is 0 Å². The van der Waals surface area contributed by atoms with Crippen molar-refractivity contribution in [3.05, 3.63) is 29.3 Å². The average molecular weight is 263 g/mol. The Bertz CT molecular complexity index is 512. The van der Waals surface area contributed by atoms with E-state index in [0.29, 0.717) is 0 Å². The van der Waals surface area contributed by atoms with E-state index in [4.69, 9.17) is 9.84 Å². The van der Waals surface area contributed by atoms with Crippen molar-refractivity contribution >= 4 is 17.6 Å². The Morgan fingerprint density at radius 3 is 2.89 bits per heavy atom. The number of carbonyl (C=O) groups is 2. The Morgan fingerprint density at radius 2 is 2.21 bits per heavy atom. The van der Waals surface area contributed by atoms with Gasteiger partial charge in [-0.3, -0.25) is 9.59 Å². The van der Waals surface area contributed by atoms with Gasteiger partial charge in [0, 0.05) is 5.69 Å². The lowest BCUT2D eigenvalue weighted by Crippen LogP contribution is -2.50. The highest BCUT2D eigenvalue weighted by atomic mass is 16.5. The number of benzene rings is 1. The van der Waals surface area contributed by atoms with E-state index in [0.717, 1.165) is 16.8 Å². The van der Waals surface area contributed by atoms with Gasteiger partial charge in [-0.1, -0.05) is 12.1 Å². The minimum absolute atomic E-state index is 0.00347. The molecule has 0 bridgehead atoms. The van der Waals surface area contributed by atoms with Crippen LogP contribution in [0.5, 0.6) is 0 Å². The summed E-state index contributed by atoms with van der Waals surface area (Å²) in [5, 5.41) is 8.95. The van der Waals surface area contributed by atoms with Crippen LogP contribution in [0.2, 0.25) is 0 Å². The van der Waals surface area contributed by atoms with Crippen LogP contribution >= 0.6 is 0 Å². The Labute approximate surface area is 111 Å². The number of morpholine rings is 1. The molecule has 102 valence electrons. The van der Waals surface area contributed by atoms with Crippen molar-refractivity contribution in [1.82, 2.24) is 0 Å². The van der Waals surface area contributed by atoms with Crippen molar-refractivity contribution in [3.63, 3.8) is 0 Å². The molecule has 1 fully saturated rings. The molecule has 0 aromatic heterocycles. The van der Waals surface area contributed by atoms with E-state index < -0.39 is 12.0 Å². The predicted molar refractivity (Wildman–Crippen MR) is 70.3 cm³/mol. The Morgan fingerprint density at radius 1 is 1.47 bits per heavy atom. The van der Waals surface area contributed by atoms with Gasteiger partial charge in [0.15, 0.2) is 0 Å². The molecule has 0 radical (unpaired) electrons.